The van der Waals surface area contributed by atoms with Gasteiger partial charge in [-0.3, -0.25) is 0 Å². The molecule has 0 N–H and O–H groups in total. The van der Waals surface area contributed by atoms with Gasteiger partial charge in [0.25, 0.3) is 0 Å². The van der Waals surface area contributed by atoms with E-state index in [0.29, 0.717) is 5.56 Å². The van der Waals surface area contributed by atoms with Crippen molar-refractivity contribution in [2.45, 2.75) is 0 Å². The molecule has 0 saturated heterocycles. The van der Waals surface area contributed by atoms with Gasteiger partial charge < -0.3 is 0 Å². The Hall–Kier alpha value is -4.93. The van der Waals surface area contributed by atoms with Gasteiger partial charge in [0, 0.05) is 0 Å². The van der Waals surface area contributed by atoms with Crippen LogP contribution in [-0.4, -0.2) is 0 Å². The summed E-state index contributed by atoms with van der Waals surface area (Å²) in [6.45, 7) is 0. The lowest BCUT2D eigenvalue weighted by molar-refractivity contribution is 1.48. The van der Waals surface area contributed by atoms with E-state index in [0.717, 1.165) is 5.56 Å². The van der Waals surface area contributed by atoms with Gasteiger partial charge in [-0.15, -0.1) is 0 Å². The van der Waals surface area contributed by atoms with E-state index in [-0.39, 0.29) is 0 Å². The molecule has 0 fully saturated rings. The minimum atomic E-state index is 0.674. The fourth-order valence-electron chi connectivity index (χ4n) is 5.54. The third-order valence-electron chi connectivity index (χ3n) is 7.25. The van der Waals surface area contributed by atoms with Crippen LogP contribution in [-0.2, 0) is 0 Å². The highest BCUT2D eigenvalue weighted by atomic mass is 14.2. The number of hydrogen-bond donors (Lipinski definition) is 0. The fraction of sp³-hybridized carbons (Fsp3) is 0. The van der Waals surface area contributed by atoms with Crippen molar-refractivity contribution in [2.24, 2.45) is 0 Å². The maximum atomic E-state index is 9.27. The van der Waals surface area contributed by atoms with Gasteiger partial charge in [-0.25, -0.2) is 0 Å². The molecular weight excluding hydrogens is 434 g/mol. The summed E-state index contributed by atoms with van der Waals surface area (Å²) >= 11 is 0. The zero-order valence-corrected chi connectivity index (χ0v) is 19.6. The Kier molecular flexibility index (Phi) is 4.59. The molecule has 1 nitrogen and oxygen atoms in total. The van der Waals surface area contributed by atoms with Crippen LogP contribution in [0, 0.1) is 11.3 Å². The molecule has 0 heterocycles. The van der Waals surface area contributed by atoms with E-state index in [4.69, 9.17) is 0 Å². The molecule has 7 rings (SSSR count). The molecule has 0 aromatic heterocycles. The first-order chi connectivity index (χ1) is 17.8. The fourth-order valence-corrected chi connectivity index (χ4v) is 5.54. The lowest BCUT2D eigenvalue weighted by Crippen LogP contribution is -1.89. The Bertz CT molecular complexity index is 1990. The molecule has 0 aliphatic carbocycles. The maximum absolute atomic E-state index is 9.27. The molecule has 36 heavy (non-hydrogen) atoms. The first-order valence-electron chi connectivity index (χ1n) is 12.2. The zero-order chi connectivity index (χ0) is 24.1. The van der Waals surface area contributed by atoms with E-state index >= 15 is 0 Å². The molecule has 1 heteroatoms. The van der Waals surface area contributed by atoms with Crippen molar-refractivity contribution in [1.29, 1.82) is 5.26 Å². The van der Waals surface area contributed by atoms with Crippen LogP contribution in [0.2, 0.25) is 0 Å². The molecule has 0 aliphatic rings. The molecule has 0 amide bonds. The van der Waals surface area contributed by atoms with Crippen molar-refractivity contribution >= 4 is 43.1 Å². The predicted octanol–water partition coefficient (Wildman–Crippen LogP) is 9.51. The number of fused-ring (bicyclic) bond motifs is 6. The van der Waals surface area contributed by atoms with E-state index in [9.17, 15) is 5.26 Å². The lowest BCUT2D eigenvalue weighted by Gasteiger charge is -2.16. The van der Waals surface area contributed by atoms with Gasteiger partial charge in [-0.05, 0) is 95.7 Å². The van der Waals surface area contributed by atoms with Gasteiger partial charge in [-0.2, -0.15) is 5.26 Å². The van der Waals surface area contributed by atoms with Crippen molar-refractivity contribution in [3.05, 3.63) is 133 Å². The Morgan fingerprint density at radius 1 is 0.417 bits per heavy atom. The molecule has 0 aliphatic heterocycles. The van der Waals surface area contributed by atoms with Crippen LogP contribution in [0.15, 0.2) is 127 Å². The molecule has 7 aromatic rings. The molecule has 0 radical (unpaired) electrons. The average molecular weight is 456 g/mol. The van der Waals surface area contributed by atoms with Crippen molar-refractivity contribution in [1.82, 2.24) is 0 Å². The van der Waals surface area contributed by atoms with Crippen LogP contribution >= 0.6 is 0 Å². The Balaban J connectivity index is 1.59. The van der Waals surface area contributed by atoms with Gasteiger partial charge >= 0.3 is 0 Å². The van der Waals surface area contributed by atoms with Gasteiger partial charge in [0.05, 0.1) is 11.6 Å². The first-order valence-corrected chi connectivity index (χ1v) is 12.2. The highest BCUT2D eigenvalue weighted by Gasteiger charge is 2.14. The Morgan fingerprint density at radius 3 is 1.58 bits per heavy atom. The Labute approximate surface area is 209 Å². The van der Waals surface area contributed by atoms with Crippen LogP contribution in [0.4, 0.5) is 0 Å². The molecule has 7 aromatic carbocycles. The largest absolute Gasteiger partial charge is 0.192 e. The quantitative estimate of drug-likeness (QED) is 0.238. The summed E-state index contributed by atoms with van der Waals surface area (Å²) in [7, 11) is 0. The van der Waals surface area contributed by atoms with Crippen molar-refractivity contribution in [2.75, 3.05) is 0 Å². The number of benzene rings is 7. The zero-order valence-electron chi connectivity index (χ0n) is 19.6. The standard InChI is InChI=1S/C35H21N/c36-22-23-13-15-25(16-14-23)33-20-28-21-34(27-18-17-24-7-1-2-8-26(24)19-27)30-10-4-6-12-32(30)35(28)31-11-5-3-9-29(31)33/h1-21H. The second-order valence-electron chi connectivity index (χ2n) is 9.29. The molecule has 0 bridgehead atoms. The number of hydrogen-bond acceptors (Lipinski definition) is 1. The second-order valence-corrected chi connectivity index (χ2v) is 9.29. The van der Waals surface area contributed by atoms with Crippen LogP contribution in [0.3, 0.4) is 0 Å². The summed E-state index contributed by atoms with van der Waals surface area (Å²) in [5.74, 6) is 0. The first kappa shape index (κ1) is 20.4. The minimum absolute atomic E-state index is 0.674. The molecule has 0 saturated carbocycles. The Morgan fingerprint density at radius 2 is 0.944 bits per heavy atom. The summed E-state index contributed by atoms with van der Waals surface area (Å²) in [5.41, 5.74) is 5.44. The van der Waals surface area contributed by atoms with Gasteiger partial charge in [0.15, 0.2) is 0 Å². The number of nitriles is 1. The van der Waals surface area contributed by atoms with Crippen LogP contribution < -0.4 is 0 Å². The van der Waals surface area contributed by atoms with Crippen molar-refractivity contribution in [3.63, 3.8) is 0 Å². The highest BCUT2D eigenvalue weighted by Crippen LogP contribution is 2.42. The molecule has 0 unspecified atom stereocenters. The molecule has 0 atom stereocenters. The van der Waals surface area contributed by atoms with Gasteiger partial charge in [0.1, 0.15) is 0 Å². The smallest absolute Gasteiger partial charge is 0.0991 e. The van der Waals surface area contributed by atoms with Crippen LogP contribution in [0.1, 0.15) is 5.56 Å². The lowest BCUT2D eigenvalue weighted by atomic mass is 9.87. The van der Waals surface area contributed by atoms with Crippen molar-refractivity contribution in [3.8, 4) is 28.3 Å². The van der Waals surface area contributed by atoms with Gasteiger partial charge in [-0.1, -0.05) is 97.1 Å². The second kappa shape index (κ2) is 8.08. The number of rotatable bonds is 2. The summed E-state index contributed by atoms with van der Waals surface area (Å²) in [6, 6.07) is 47.5. The topological polar surface area (TPSA) is 23.8 Å². The summed E-state index contributed by atoms with van der Waals surface area (Å²) in [5, 5.41) is 19.3. The number of nitrogens with zero attached hydrogens (tertiary/aromatic N) is 1. The van der Waals surface area contributed by atoms with Crippen molar-refractivity contribution < 1.29 is 0 Å². The normalized spacial score (nSPS) is 11.3. The van der Waals surface area contributed by atoms with E-state index < -0.39 is 0 Å². The summed E-state index contributed by atoms with van der Waals surface area (Å²) < 4.78 is 0. The SMILES string of the molecule is N#Cc1ccc(-c2cc3cc(-c4ccc5ccccc5c4)c4ccccc4c3c3ccccc23)cc1. The molecule has 0 spiro atoms. The summed E-state index contributed by atoms with van der Waals surface area (Å²) in [4.78, 5) is 0. The van der Waals surface area contributed by atoms with E-state index in [1.165, 1.54) is 59.8 Å². The summed E-state index contributed by atoms with van der Waals surface area (Å²) in [6.07, 6.45) is 0. The molecule has 166 valence electrons. The predicted molar refractivity (Wildman–Crippen MR) is 152 cm³/mol. The monoisotopic (exact) mass is 455 g/mol. The van der Waals surface area contributed by atoms with E-state index in [1.54, 1.807) is 0 Å². The van der Waals surface area contributed by atoms with Gasteiger partial charge in [0.2, 0.25) is 0 Å². The van der Waals surface area contributed by atoms with Crippen LogP contribution in [0.25, 0.3) is 65.3 Å². The maximum Gasteiger partial charge on any atom is 0.0991 e. The average Bonchev–Trinajstić information content (AvgIpc) is 2.96. The highest BCUT2D eigenvalue weighted by molar-refractivity contribution is 6.25. The van der Waals surface area contributed by atoms with E-state index in [2.05, 4.69) is 121 Å². The molecular formula is C35H21N. The van der Waals surface area contributed by atoms with E-state index in [1.807, 2.05) is 12.1 Å². The minimum Gasteiger partial charge on any atom is -0.192 e. The third-order valence-corrected chi connectivity index (χ3v) is 7.25. The van der Waals surface area contributed by atoms with Crippen LogP contribution in [0.5, 0.6) is 0 Å². The third kappa shape index (κ3) is 3.17.